The first-order valence-electron chi connectivity index (χ1n) is 5.51. The van der Waals surface area contributed by atoms with Crippen molar-refractivity contribution in [1.29, 1.82) is 0 Å². The molecule has 0 amide bonds. The van der Waals surface area contributed by atoms with Crippen molar-refractivity contribution in [2.45, 2.75) is 27.3 Å². The number of hydrogen-bond donors (Lipinski definition) is 0. The van der Waals surface area contributed by atoms with Crippen LogP contribution in [-0.4, -0.2) is 10.4 Å². The first kappa shape index (κ1) is 11.6. The number of carbonyl (C=O) groups is 1. The Hall–Kier alpha value is -1.84. The number of carbonyl (C=O) groups excluding carboxylic acids is 1. The van der Waals surface area contributed by atoms with Crippen LogP contribution in [0.5, 0.6) is 0 Å². The molecule has 0 radical (unpaired) electrons. The van der Waals surface area contributed by atoms with E-state index in [1.54, 1.807) is 18.2 Å². The fraction of sp³-hybridized carbons (Fsp3) is 0.385. The van der Waals surface area contributed by atoms with Gasteiger partial charge in [0.15, 0.2) is 11.4 Å². The summed E-state index contributed by atoms with van der Waals surface area (Å²) in [6, 6.07) is 7.10. The molecule has 1 aromatic heterocycles. The van der Waals surface area contributed by atoms with E-state index in [1.165, 1.54) is 4.57 Å². The van der Waals surface area contributed by atoms with Crippen LogP contribution in [0.4, 0.5) is 0 Å². The topological polar surface area (TPSA) is 52.2 Å². The molecular weight excluding hydrogens is 218 g/mol. The second kappa shape index (κ2) is 3.87. The second-order valence-electron chi connectivity index (χ2n) is 5.10. The van der Waals surface area contributed by atoms with E-state index in [0.717, 1.165) is 0 Å². The van der Waals surface area contributed by atoms with Crippen molar-refractivity contribution in [1.82, 2.24) is 4.57 Å². The number of fused-ring (bicyclic) bond motifs is 1. The molecular formula is C13H15NO3. The van der Waals surface area contributed by atoms with E-state index in [2.05, 4.69) is 0 Å². The first-order chi connectivity index (χ1) is 7.89. The summed E-state index contributed by atoms with van der Waals surface area (Å²) in [5.41, 5.74) is 0.715. The maximum atomic E-state index is 11.9. The van der Waals surface area contributed by atoms with Gasteiger partial charge < -0.3 is 4.42 Å². The maximum Gasteiger partial charge on any atom is 0.420 e. The van der Waals surface area contributed by atoms with Crippen LogP contribution in [0.15, 0.2) is 33.5 Å². The SMILES string of the molecule is CC(C)(C)C(=O)Cn1c(=O)oc2ccccc21. The molecule has 90 valence electrons. The van der Waals surface area contributed by atoms with E-state index in [0.29, 0.717) is 11.1 Å². The van der Waals surface area contributed by atoms with E-state index < -0.39 is 11.2 Å². The molecule has 2 rings (SSSR count). The molecule has 0 atom stereocenters. The average molecular weight is 233 g/mol. The zero-order chi connectivity index (χ0) is 12.6. The number of ketones is 1. The van der Waals surface area contributed by atoms with Crippen molar-refractivity contribution in [3.63, 3.8) is 0 Å². The van der Waals surface area contributed by atoms with Gasteiger partial charge in [-0.3, -0.25) is 9.36 Å². The van der Waals surface area contributed by atoms with Crippen LogP contribution in [0, 0.1) is 5.41 Å². The third-order valence-electron chi connectivity index (χ3n) is 2.71. The predicted molar refractivity (Wildman–Crippen MR) is 64.9 cm³/mol. The Morgan fingerprint density at radius 1 is 1.29 bits per heavy atom. The summed E-state index contributed by atoms with van der Waals surface area (Å²) in [5.74, 6) is -0.477. The summed E-state index contributed by atoms with van der Waals surface area (Å²) in [7, 11) is 0. The van der Waals surface area contributed by atoms with Crippen LogP contribution in [0.1, 0.15) is 20.8 Å². The van der Waals surface area contributed by atoms with Crippen LogP contribution in [0.2, 0.25) is 0 Å². The van der Waals surface area contributed by atoms with Gasteiger partial charge in [-0.1, -0.05) is 32.9 Å². The van der Waals surface area contributed by atoms with Crippen LogP contribution in [0.3, 0.4) is 0 Å². The van der Waals surface area contributed by atoms with Gasteiger partial charge in [-0.05, 0) is 12.1 Å². The molecule has 0 unspecified atom stereocenters. The van der Waals surface area contributed by atoms with E-state index in [4.69, 9.17) is 4.42 Å². The first-order valence-corrected chi connectivity index (χ1v) is 5.51. The largest absolute Gasteiger partial charge is 0.420 e. The molecule has 2 aromatic rings. The molecule has 0 aliphatic rings. The third-order valence-corrected chi connectivity index (χ3v) is 2.71. The lowest BCUT2D eigenvalue weighted by molar-refractivity contribution is -0.126. The number of nitrogens with zero attached hydrogens (tertiary/aromatic N) is 1. The van der Waals surface area contributed by atoms with Gasteiger partial charge in [0, 0.05) is 5.41 Å². The normalized spacial score (nSPS) is 11.9. The molecule has 0 N–H and O–H groups in total. The van der Waals surface area contributed by atoms with Crippen LogP contribution >= 0.6 is 0 Å². The van der Waals surface area contributed by atoms with Gasteiger partial charge in [0.1, 0.15) is 0 Å². The number of oxazole rings is 1. The molecule has 0 saturated heterocycles. The van der Waals surface area contributed by atoms with E-state index in [9.17, 15) is 9.59 Å². The minimum atomic E-state index is -0.483. The van der Waals surface area contributed by atoms with Crippen molar-refractivity contribution >= 4 is 16.9 Å². The summed E-state index contributed by atoms with van der Waals surface area (Å²) in [6.45, 7) is 5.56. The van der Waals surface area contributed by atoms with Crippen LogP contribution in [-0.2, 0) is 11.3 Å². The number of Topliss-reactive ketones (excluding diaryl/α,β-unsaturated/α-hetero) is 1. The highest BCUT2D eigenvalue weighted by atomic mass is 16.4. The molecule has 4 nitrogen and oxygen atoms in total. The van der Waals surface area contributed by atoms with Crippen molar-refractivity contribution in [2.75, 3.05) is 0 Å². The van der Waals surface area contributed by atoms with Crippen molar-refractivity contribution in [2.24, 2.45) is 5.41 Å². The standard InChI is InChI=1S/C13H15NO3/c1-13(2,3)11(15)8-14-9-6-4-5-7-10(9)17-12(14)16/h4-7H,8H2,1-3H3. The summed E-state index contributed by atoms with van der Waals surface area (Å²) < 4.78 is 6.45. The Morgan fingerprint density at radius 3 is 2.59 bits per heavy atom. The van der Waals surface area contributed by atoms with Crippen LogP contribution < -0.4 is 5.76 Å². The quantitative estimate of drug-likeness (QED) is 0.799. The molecule has 0 aliphatic heterocycles. The number of hydrogen-bond acceptors (Lipinski definition) is 3. The fourth-order valence-electron chi connectivity index (χ4n) is 1.54. The zero-order valence-corrected chi connectivity index (χ0v) is 10.2. The summed E-state index contributed by atoms with van der Waals surface area (Å²) in [4.78, 5) is 23.6. The highest BCUT2D eigenvalue weighted by Gasteiger charge is 2.23. The molecule has 0 bridgehead atoms. The molecule has 0 spiro atoms. The second-order valence-corrected chi connectivity index (χ2v) is 5.10. The van der Waals surface area contributed by atoms with Crippen molar-refractivity contribution in [3.05, 3.63) is 34.8 Å². The Bertz CT molecular complexity index is 613. The summed E-state index contributed by atoms with van der Waals surface area (Å²) in [6.07, 6.45) is 0. The summed E-state index contributed by atoms with van der Waals surface area (Å²) in [5, 5.41) is 0. The molecule has 0 aliphatic carbocycles. The zero-order valence-electron chi connectivity index (χ0n) is 10.2. The number of rotatable bonds is 2. The van der Waals surface area contributed by atoms with Gasteiger partial charge in [-0.25, -0.2) is 4.79 Å². The predicted octanol–water partition coefficient (Wildman–Crippen LogP) is 2.21. The lowest BCUT2D eigenvalue weighted by Gasteiger charge is -2.16. The summed E-state index contributed by atoms with van der Waals surface area (Å²) >= 11 is 0. The Kier molecular flexibility index (Phi) is 2.65. The van der Waals surface area contributed by atoms with Gasteiger partial charge in [0.05, 0.1) is 12.1 Å². The smallest absolute Gasteiger partial charge is 0.408 e. The van der Waals surface area contributed by atoms with Gasteiger partial charge in [-0.2, -0.15) is 0 Å². The molecule has 0 fully saturated rings. The number of aromatic nitrogens is 1. The van der Waals surface area contributed by atoms with Gasteiger partial charge in [0.2, 0.25) is 0 Å². The monoisotopic (exact) mass is 233 g/mol. The minimum absolute atomic E-state index is 0.00570. The fourth-order valence-corrected chi connectivity index (χ4v) is 1.54. The van der Waals surface area contributed by atoms with E-state index in [1.807, 2.05) is 26.8 Å². The Balaban J connectivity index is 2.46. The van der Waals surface area contributed by atoms with Crippen molar-refractivity contribution < 1.29 is 9.21 Å². The Labute approximate surface area is 98.8 Å². The molecule has 4 heteroatoms. The molecule has 17 heavy (non-hydrogen) atoms. The average Bonchev–Trinajstić information content (AvgIpc) is 2.54. The Morgan fingerprint density at radius 2 is 1.94 bits per heavy atom. The molecule has 1 aromatic carbocycles. The lowest BCUT2D eigenvalue weighted by Crippen LogP contribution is -2.28. The maximum absolute atomic E-state index is 11.9. The van der Waals surface area contributed by atoms with Gasteiger partial charge in [-0.15, -0.1) is 0 Å². The highest BCUT2D eigenvalue weighted by molar-refractivity contribution is 5.85. The minimum Gasteiger partial charge on any atom is -0.408 e. The van der Waals surface area contributed by atoms with Gasteiger partial charge in [0.25, 0.3) is 0 Å². The van der Waals surface area contributed by atoms with Crippen LogP contribution in [0.25, 0.3) is 11.1 Å². The molecule has 0 saturated carbocycles. The number of para-hydroxylation sites is 2. The van der Waals surface area contributed by atoms with Crippen molar-refractivity contribution in [3.8, 4) is 0 Å². The highest BCUT2D eigenvalue weighted by Crippen LogP contribution is 2.17. The van der Waals surface area contributed by atoms with Gasteiger partial charge >= 0.3 is 5.76 Å². The van der Waals surface area contributed by atoms with E-state index >= 15 is 0 Å². The molecule has 1 heterocycles. The lowest BCUT2D eigenvalue weighted by atomic mass is 9.91. The third kappa shape index (κ3) is 2.16. The van der Waals surface area contributed by atoms with E-state index in [-0.39, 0.29) is 12.3 Å². The number of benzene rings is 1.